The number of aromatic nitrogens is 3. The van der Waals surface area contributed by atoms with Crippen LogP contribution in [0.25, 0.3) is 27.7 Å². The molecule has 154 valence electrons. The van der Waals surface area contributed by atoms with Gasteiger partial charge in [0.25, 0.3) is 5.91 Å². The van der Waals surface area contributed by atoms with Crippen LogP contribution in [0, 0.1) is 6.92 Å². The Kier molecular flexibility index (Phi) is 4.55. The van der Waals surface area contributed by atoms with Gasteiger partial charge in [0.1, 0.15) is 16.6 Å². The van der Waals surface area contributed by atoms with Gasteiger partial charge in [-0.15, -0.1) is 10.2 Å². The first-order valence-corrected chi connectivity index (χ1v) is 10.3. The first-order valence-electron chi connectivity index (χ1n) is 10.3. The Morgan fingerprint density at radius 1 is 0.968 bits per heavy atom. The Morgan fingerprint density at radius 3 is 2.39 bits per heavy atom. The second kappa shape index (κ2) is 7.40. The molecule has 0 aliphatic rings. The van der Waals surface area contributed by atoms with Crippen molar-refractivity contribution in [1.82, 2.24) is 15.0 Å². The summed E-state index contributed by atoms with van der Waals surface area (Å²) in [4.78, 5) is 14.4. The highest BCUT2D eigenvalue weighted by Gasteiger charge is 2.15. The number of furan rings is 1. The van der Waals surface area contributed by atoms with E-state index in [0.717, 1.165) is 22.2 Å². The second-order valence-electron chi connectivity index (χ2n) is 7.99. The number of carbonyl (C=O) groups excluding carboxylic acids is 1. The predicted molar refractivity (Wildman–Crippen MR) is 122 cm³/mol. The summed E-state index contributed by atoms with van der Waals surface area (Å²) in [6.07, 6.45) is 0. The lowest BCUT2D eigenvalue weighted by molar-refractivity contribution is 0.0998. The minimum Gasteiger partial charge on any atom is -0.451 e. The lowest BCUT2D eigenvalue weighted by Gasteiger charge is -2.06. The fraction of sp³-hybridized carbons (Fsp3) is 0.160. The molecule has 0 fully saturated rings. The monoisotopic (exact) mass is 410 g/mol. The minimum atomic E-state index is -0.296. The molecule has 5 aromatic rings. The summed E-state index contributed by atoms with van der Waals surface area (Å²) in [5.74, 6) is 0.448. The molecule has 0 aliphatic carbocycles. The third-order valence-electron chi connectivity index (χ3n) is 5.41. The maximum atomic E-state index is 12.7. The van der Waals surface area contributed by atoms with Crippen LogP contribution in [0.4, 0.5) is 5.69 Å². The SMILES string of the molecule is Cc1cc2nn(-c3ccc(C(C)C)cc3)nc2cc1NC(=O)c1cc2ccccc2o1. The summed E-state index contributed by atoms with van der Waals surface area (Å²) in [5.41, 5.74) is 5.91. The van der Waals surface area contributed by atoms with Gasteiger partial charge in [0.2, 0.25) is 0 Å². The van der Waals surface area contributed by atoms with Gasteiger partial charge in [0.15, 0.2) is 5.76 Å². The number of para-hydroxylation sites is 1. The van der Waals surface area contributed by atoms with Crippen LogP contribution in [0.5, 0.6) is 0 Å². The first kappa shape index (κ1) is 19.1. The van der Waals surface area contributed by atoms with Gasteiger partial charge in [-0.05, 0) is 60.4 Å². The van der Waals surface area contributed by atoms with Crippen LogP contribution < -0.4 is 5.32 Å². The third kappa shape index (κ3) is 3.57. The molecule has 0 radical (unpaired) electrons. The van der Waals surface area contributed by atoms with Crippen molar-refractivity contribution in [2.45, 2.75) is 26.7 Å². The Bertz CT molecular complexity index is 1380. The van der Waals surface area contributed by atoms with Gasteiger partial charge in [0, 0.05) is 11.1 Å². The number of fused-ring (bicyclic) bond motifs is 2. The van der Waals surface area contributed by atoms with Gasteiger partial charge in [-0.3, -0.25) is 4.79 Å². The molecular formula is C25H22N4O2. The van der Waals surface area contributed by atoms with Crippen LogP contribution in [0.2, 0.25) is 0 Å². The molecule has 0 unspecified atom stereocenters. The molecule has 6 nitrogen and oxygen atoms in total. The Balaban J connectivity index is 1.44. The molecular weight excluding hydrogens is 388 g/mol. The smallest absolute Gasteiger partial charge is 0.291 e. The van der Waals surface area contributed by atoms with E-state index in [1.165, 1.54) is 5.56 Å². The van der Waals surface area contributed by atoms with Gasteiger partial charge in [0.05, 0.1) is 5.69 Å². The quantitative estimate of drug-likeness (QED) is 0.403. The van der Waals surface area contributed by atoms with Crippen LogP contribution in [0.15, 0.2) is 71.1 Å². The standard InChI is InChI=1S/C25H22N4O2/c1-15(2)17-8-10-19(11-9-17)29-27-21-12-16(3)20(14-22(21)28-29)26-25(30)24-13-18-6-4-5-7-23(18)31-24/h4-15H,1-3H3,(H,26,30). The van der Waals surface area contributed by atoms with Crippen molar-refractivity contribution in [2.24, 2.45) is 0 Å². The molecule has 3 aromatic carbocycles. The van der Waals surface area contributed by atoms with Crippen molar-refractivity contribution in [3.63, 3.8) is 0 Å². The van der Waals surface area contributed by atoms with E-state index in [1.54, 1.807) is 10.9 Å². The fourth-order valence-corrected chi connectivity index (χ4v) is 3.59. The molecule has 0 saturated heterocycles. The average Bonchev–Trinajstić information content (AvgIpc) is 3.38. The van der Waals surface area contributed by atoms with Gasteiger partial charge >= 0.3 is 0 Å². The average molecular weight is 410 g/mol. The maximum Gasteiger partial charge on any atom is 0.291 e. The number of anilines is 1. The molecule has 0 atom stereocenters. The molecule has 1 N–H and O–H groups in total. The number of nitrogens with zero attached hydrogens (tertiary/aromatic N) is 3. The van der Waals surface area contributed by atoms with Crippen molar-refractivity contribution < 1.29 is 9.21 Å². The molecule has 0 aliphatic heterocycles. The van der Waals surface area contributed by atoms with Crippen molar-refractivity contribution in [3.8, 4) is 5.69 Å². The van der Waals surface area contributed by atoms with E-state index >= 15 is 0 Å². The van der Waals surface area contributed by atoms with Crippen LogP contribution in [-0.2, 0) is 0 Å². The van der Waals surface area contributed by atoms with Gasteiger partial charge < -0.3 is 9.73 Å². The molecule has 0 bridgehead atoms. The molecule has 0 spiro atoms. The Hall–Kier alpha value is -3.93. The summed E-state index contributed by atoms with van der Waals surface area (Å²) >= 11 is 0. The van der Waals surface area contributed by atoms with E-state index in [9.17, 15) is 4.79 Å². The topological polar surface area (TPSA) is 73.0 Å². The Morgan fingerprint density at radius 2 is 1.68 bits per heavy atom. The highest BCUT2D eigenvalue weighted by Crippen LogP contribution is 2.25. The lowest BCUT2D eigenvalue weighted by Crippen LogP contribution is -2.11. The van der Waals surface area contributed by atoms with Crippen LogP contribution >= 0.6 is 0 Å². The normalized spacial score (nSPS) is 11.5. The van der Waals surface area contributed by atoms with Gasteiger partial charge in [-0.1, -0.05) is 44.2 Å². The zero-order chi connectivity index (χ0) is 21.5. The van der Waals surface area contributed by atoms with E-state index in [4.69, 9.17) is 4.42 Å². The summed E-state index contributed by atoms with van der Waals surface area (Å²) in [7, 11) is 0. The number of nitrogens with one attached hydrogen (secondary N) is 1. The number of benzene rings is 3. The van der Waals surface area contributed by atoms with E-state index in [-0.39, 0.29) is 11.7 Å². The molecule has 31 heavy (non-hydrogen) atoms. The number of rotatable bonds is 4. The third-order valence-corrected chi connectivity index (χ3v) is 5.41. The van der Waals surface area contributed by atoms with E-state index in [2.05, 4.69) is 41.5 Å². The van der Waals surface area contributed by atoms with Crippen molar-refractivity contribution >= 4 is 33.6 Å². The maximum absolute atomic E-state index is 12.7. The Labute approximate surface area is 179 Å². The highest BCUT2D eigenvalue weighted by atomic mass is 16.3. The number of hydrogen-bond donors (Lipinski definition) is 1. The number of carbonyl (C=O) groups is 1. The van der Waals surface area contributed by atoms with Crippen molar-refractivity contribution in [1.29, 1.82) is 0 Å². The van der Waals surface area contributed by atoms with Crippen LogP contribution in [0.1, 0.15) is 41.4 Å². The molecule has 1 amide bonds. The molecule has 2 heterocycles. The van der Waals surface area contributed by atoms with E-state index in [0.29, 0.717) is 22.7 Å². The highest BCUT2D eigenvalue weighted by molar-refractivity contribution is 6.05. The van der Waals surface area contributed by atoms with Gasteiger partial charge in [-0.2, -0.15) is 4.80 Å². The molecule has 2 aromatic heterocycles. The zero-order valence-electron chi connectivity index (χ0n) is 17.6. The van der Waals surface area contributed by atoms with E-state index in [1.807, 2.05) is 55.5 Å². The fourth-order valence-electron chi connectivity index (χ4n) is 3.59. The number of amides is 1. The first-order chi connectivity index (χ1) is 15.0. The molecule has 6 heteroatoms. The lowest BCUT2D eigenvalue weighted by atomic mass is 10.0. The largest absolute Gasteiger partial charge is 0.451 e. The molecule has 0 saturated carbocycles. The summed E-state index contributed by atoms with van der Waals surface area (Å²) < 4.78 is 5.67. The van der Waals surface area contributed by atoms with Crippen molar-refractivity contribution in [3.05, 3.63) is 83.6 Å². The zero-order valence-corrected chi connectivity index (χ0v) is 17.6. The predicted octanol–water partition coefficient (Wildman–Crippen LogP) is 5.85. The molecule has 5 rings (SSSR count). The summed E-state index contributed by atoms with van der Waals surface area (Å²) in [6, 6.07) is 21.3. The van der Waals surface area contributed by atoms with E-state index < -0.39 is 0 Å². The number of hydrogen-bond acceptors (Lipinski definition) is 4. The van der Waals surface area contributed by atoms with Crippen LogP contribution in [-0.4, -0.2) is 20.9 Å². The van der Waals surface area contributed by atoms with Crippen molar-refractivity contribution in [2.75, 3.05) is 5.32 Å². The second-order valence-corrected chi connectivity index (χ2v) is 7.99. The minimum absolute atomic E-state index is 0.273. The van der Waals surface area contributed by atoms with Crippen LogP contribution in [0.3, 0.4) is 0 Å². The summed E-state index contributed by atoms with van der Waals surface area (Å²) in [6.45, 7) is 6.27. The summed E-state index contributed by atoms with van der Waals surface area (Å²) in [5, 5.41) is 13.0. The van der Waals surface area contributed by atoms with Gasteiger partial charge in [-0.25, -0.2) is 0 Å². The number of aryl methyl sites for hydroxylation is 1.